The molecular formula is C28H39BN4O5. The number of imidazole rings is 1. The summed E-state index contributed by atoms with van der Waals surface area (Å²) in [5, 5.41) is 2.79. The number of nitrogens with one attached hydrogen (secondary N) is 2. The topological polar surface area (TPSA) is 106 Å². The van der Waals surface area contributed by atoms with Gasteiger partial charge in [-0.2, -0.15) is 0 Å². The summed E-state index contributed by atoms with van der Waals surface area (Å²) in [5.41, 5.74) is 1.70. The van der Waals surface area contributed by atoms with Crippen molar-refractivity contribution in [1.29, 1.82) is 0 Å². The number of amides is 2. The van der Waals surface area contributed by atoms with Crippen molar-refractivity contribution in [3.05, 3.63) is 24.0 Å². The number of nitrogens with zero attached hydrogens (tertiary/aromatic N) is 2. The lowest BCUT2D eigenvalue weighted by molar-refractivity contribution is -0.165. The lowest BCUT2D eigenvalue weighted by Crippen LogP contribution is -2.68. The summed E-state index contributed by atoms with van der Waals surface area (Å²) in [7, 11) is 0.867. The van der Waals surface area contributed by atoms with Crippen LogP contribution >= 0.6 is 0 Å². The highest BCUT2D eigenvalue weighted by molar-refractivity contribution is 6.62. The molecule has 0 bridgehead atoms. The normalized spacial score (nSPS) is 31.4. The summed E-state index contributed by atoms with van der Waals surface area (Å²) in [6, 6.07) is 5.21. The van der Waals surface area contributed by atoms with E-state index in [4.69, 9.17) is 19.0 Å². The van der Waals surface area contributed by atoms with Gasteiger partial charge < -0.3 is 29.2 Å². The molecule has 2 aliphatic carbocycles. The van der Waals surface area contributed by atoms with Gasteiger partial charge in [-0.05, 0) is 88.7 Å². The van der Waals surface area contributed by atoms with Crippen LogP contribution in [0.3, 0.4) is 0 Å². The molecule has 2 aromatic rings. The molecule has 4 fully saturated rings. The number of carbonyl (C=O) groups excluding carboxylic acids is 2. The summed E-state index contributed by atoms with van der Waals surface area (Å²) in [5.74, 6) is 1.93. The first-order valence-corrected chi connectivity index (χ1v) is 13.9. The van der Waals surface area contributed by atoms with Crippen LogP contribution in [0.1, 0.15) is 79.1 Å². The molecule has 204 valence electrons. The number of methoxy groups -OCH3 is 1. The second-order valence-electron chi connectivity index (χ2n) is 13.0. The first-order valence-electron chi connectivity index (χ1n) is 13.9. The van der Waals surface area contributed by atoms with Gasteiger partial charge in [-0.15, -0.1) is 0 Å². The maximum atomic E-state index is 14.1. The third-order valence-electron chi connectivity index (χ3n) is 9.89. The molecule has 1 aromatic heterocycles. The SMILES string of the molecule is COC(=O)NC(C(=O)N1C(c2nc3ccc(B4OC(C)(C)C(C)(C)O4)cc3[nH]2)CC12CCC1CC12)C(C)C. The van der Waals surface area contributed by atoms with Crippen LogP contribution in [0, 0.1) is 17.8 Å². The number of fused-ring (bicyclic) bond motifs is 3. The summed E-state index contributed by atoms with van der Waals surface area (Å²) >= 11 is 0. The van der Waals surface area contributed by atoms with Crippen LogP contribution in [0.15, 0.2) is 18.2 Å². The number of H-pyrrole nitrogens is 1. The Morgan fingerprint density at radius 2 is 1.92 bits per heavy atom. The first kappa shape index (κ1) is 25.7. The molecule has 38 heavy (non-hydrogen) atoms. The molecule has 2 saturated heterocycles. The second-order valence-corrected chi connectivity index (χ2v) is 13.0. The van der Waals surface area contributed by atoms with Gasteiger partial charge in [-0.1, -0.05) is 19.9 Å². The quantitative estimate of drug-likeness (QED) is 0.581. The largest absolute Gasteiger partial charge is 0.494 e. The van der Waals surface area contributed by atoms with Crippen LogP contribution in [0.4, 0.5) is 4.79 Å². The molecule has 5 atom stereocenters. The maximum Gasteiger partial charge on any atom is 0.494 e. The summed E-state index contributed by atoms with van der Waals surface area (Å²) in [6.07, 6.45) is 3.67. The zero-order valence-electron chi connectivity index (χ0n) is 23.5. The van der Waals surface area contributed by atoms with Gasteiger partial charge in [0.2, 0.25) is 5.91 Å². The fraction of sp³-hybridized carbons (Fsp3) is 0.679. The molecule has 0 radical (unpaired) electrons. The summed E-state index contributed by atoms with van der Waals surface area (Å²) < 4.78 is 17.3. The fourth-order valence-electron chi connectivity index (χ4n) is 6.89. The summed E-state index contributed by atoms with van der Waals surface area (Å²) in [6.45, 7) is 12.1. The van der Waals surface area contributed by atoms with E-state index in [2.05, 4.69) is 15.2 Å². The van der Waals surface area contributed by atoms with Crippen LogP contribution in [0.25, 0.3) is 11.0 Å². The third-order valence-corrected chi connectivity index (χ3v) is 9.89. The van der Waals surface area contributed by atoms with E-state index in [-0.39, 0.29) is 23.4 Å². The number of likely N-dealkylation sites (tertiary alicyclic amines) is 1. The van der Waals surface area contributed by atoms with Crippen molar-refractivity contribution in [2.24, 2.45) is 17.8 Å². The monoisotopic (exact) mass is 522 g/mol. The van der Waals surface area contributed by atoms with Crippen molar-refractivity contribution in [3.63, 3.8) is 0 Å². The molecule has 5 unspecified atom stereocenters. The predicted octanol–water partition coefficient (Wildman–Crippen LogP) is 3.68. The third kappa shape index (κ3) is 3.78. The number of rotatable bonds is 5. The highest BCUT2D eigenvalue weighted by Gasteiger charge is 2.69. The van der Waals surface area contributed by atoms with Crippen molar-refractivity contribution >= 4 is 35.6 Å². The van der Waals surface area contributed by atoms with Gasteiger partial charge in [0.1, 0.15) is 11.9 Å². The predicted molar refractivity (Wildman–Crippen MR) is 144 cm³/mol. The Morgan fingerprint density at radius 1 is 1.21 bits per heavy atom. The summed E-state index contributed by atoms with van der Waals surface area (Å²) in [4.78, 5) is 36.7. The number of benzene rings is 1. The number of hydrogen-bond donors (Lipinski definition) is 2. The van der Waals surface area contributed by atoms with Crippen molar-refractivity contribution in [2.45, 2.75) is 96.1 Å². The molecule has 1 spiro atoms. The minimum absolute atomic E-state index is 0.0486. The lowest BCUT2D eigenvalue weighted by atomic mass is 9.73. The first-order chi connectivity index (χ1) is 17.9. The van der Waals surface area contributed by atoms with E-state index in [1.54, 1.807) is 0 Å². The Kier molecular flexibility index (Phi) is 5.71. The Bertz CT molecular complexity index is 1280. The van der Waals surface area contributed by atoms with Gasteiger partial charge in [0.05, 0.1) is 35.4 Å². The molecule has 6 rings (SSSR count). The van der Waals surface area contributed by atoms with E-state index >= 15 is 0 Å². The number of hydrogen-bond acceptors (Lipinski definition) is 6. The molecule has 10 heteroatoms. The van der Waals surface area contributed by atoms with E-state index < -0.39 is 30.5 Å². The molecule has 4 aliphatic rings. The van der Waals surface area contributed by atoms with Crippen LogP contribution in [-0.4, -0.2) is 63.9 Å². The minimum atomic E-state index is -0.653. The van der Waals surface area contributed by atoms with Gasteiger partial charge in [-0.3, -0.25) is 4.79 Å². The fourth-order valence-corrected chi connectivity index (χ4v) is 6.89. The highest BCUT2D eigenvalue weighted by Crippen LogP contribution is 2.68. The minimum Gasteiger partial charge on any atom is -0.453 e. The maximum absolute atomic E-state index is 14.1. The van der Waals surface area contributed by atoms with Crippen LogP contribution in [0.5, 0.6) is 0 Å². The van der Waals surface area contributed by atoms with Crippen LogP contribution in [-0.2, 0) is 18.8 Å². The Hall–Kier alpha value is -2.59. The molecule has 1 aromatic carbocycles. The van der Waals surface area contributed by atoms with E-state index in [9.17, 15) is 9.59 Å². The molecule has 2 N–H and O–H groups in total. The number of carbonyl (C=O) groups is 2. The molecule has 2 amide bonds. The average Bonchev–Trinajstić information content (AvgIpc) is 3.23. The van der Waals surface area contributed by atoms with Gasteiger partial charge in [-0.25, -0.2) is 9.78 Å². The zero-order valence-corrected chi connectivity index (χ0v) is 23.5. The smallest absolute Gasteiger partial charge is 0.453 e. The van der Waals surface area contributed by atoms with E-state index in [1.807, 2.05) is 59.7 Å². The van der Waals surface area contributed by atoms with E-state index in [0.29, 0.717) is 5.92 Å². The van der Waals surface area contributed by atoms with Gasteiger partial charge in [0, 0.05) is 5.54 Å². The second kappa shape index (κ2) is 8.46. The Balaban J connectivity index is 1.30. The van der Waals surface area contributed by atoms with Gasteiger partial charge in [0.15, 0.2) is 0 Å². The highest BCUT2D eigenvalue weighted by atomic mass is 16.7. The van der Waals surface area contributed by atoms with Gasteiger partial charge >= 0.3 is 13.2 Å². The van der Waals surface area contributed by atoms with Crippen molar-refractivity contribution in [2.75, 3.05) is 7.11 Å². The number of aromatic amines is 1. The molecule has 2 saturated carbocycles. The zero-order chi connectivity index (χ0) is 27.2. The molecule has 3 heterocycles. The Morgan fingerprint density at radius 3 is 2.50 bits per heavy atom. The van der Waals surface area contributed by atoms with Crippen LogP contribution in [0.2, 0.25) is 0 Å². The molecule has 2 aliphatic heterocycles. The number of ether oxygens (including phenoxy) is 1. The standard InChI is InChI=1S/C28H39BN4O5/c1-15(2)22(32-25(35)36-7)24(34)33-21(14-28(33)11-10-16-12-18(16)28)23-30-19-9-8-17(13-20(19)31-23)29-37-26(3,4)27(5,6)38-29/h8-9,13,15-16,18,21-22H,10-12,14H2,1-7H3,(H,30,31)(H,32,35). The van der Waals surface area contributed by atoms with Crippen molar-refractivity contribution in [1.82, 2.24) is 20.2 Å². The van der Waals surface area contributed by atoms with Crippen molar-refractivity contribution in [3.8, 4) is 0 Å². The Labute approximate surface area is 224 Å². The van der Waals surface area contributed by atoms with Crippen LogP contribution < -0.4 is 10.8 Å². The van der Waals surface area contributed by atoms with E-state index in [1.165, 1.54) is 13.5 Å². The van der Waals surface area contributed by atoms with E-state index in [0.717, 1.165) is 47.5 Å². The van der Waals surface area contributed by atoms with Crippen molar-refractivity contribution < 1.29 is 23.6 Å². The van der Waals surface area contributed by atoms with Gasteiger partial charge in [0.25, 0.3) is 0 Å². The number of aromatic nitrogens is 2. The molecule has 9 nitrogen and oxygen atoms in total. The molecular weight excluding hydrogens is 483 g/mol. The number of alkyl carbamates (subject to hydrolysis) is 1. The lowest BCUT2D eigenvalue weighted by Gasteiger charge is -2.58. The average molecular weight is 522 g/mol.